The van der Waals surface area contributed by atoms with Crippen LogP contribution in [0.15, 0.2) is 10.6 Å². The van der Waals surface area contributed by atoms with Gasteiger partial charge >= 0.3 is 0 Å². The molecule has 3 N–H and O–H groups in total. The van der Waals surface area contributed by atoms with Gasteiger partial charge in [0.05, 0.1) is 0 Å². The summed E-state index contributed by atoms with van der Waals surface area (Å²) in [5, 5.41) is 6.92. The molecule has 2 aliphatic rings. The maximum absolute atomic E-state index is 12.3. The molecule has 0 bridgehead atoms. The van der Waals surface area contributed by atoms with E-state index in [0.29, 0.717) is 24.0 Å². The van der Waals surface area contributed by atoms with E-state index < -0.39 is 0 Å². The van der Waals surface area contributed by atoms with Crippen LogP contribution in [0.3, 0.4) is 0 Å². The molecule has 1 saturated carbocycles. The maximum Gasteiger partial charge on any atom is 0.273 e. The van der Waals surface area contributed by atoms with E-state index in [1.54, 1.807) is 6.07 Å². The fourth-order valence-electron chi connectivity index (χ4n) is 3.41. The summed E-state index contributed by atoms with van der Waals surface area (Å²) in [6.07, 6.45) is 4.41. The monoisotopic (exact) mass is 348 g/mol. The molecule has 1 saturated heterocycles. The van der Waals surface area contributed by atoms with Crippen molar-refractivity contribution in [3.63, 3.8) is 0 Å². The van der Waals surface area contributed by atoms with Gasteiger partial charge in [0.15, 0.2) is 5.69 Å². The number of nitrogens with zero attached hydrogens (tertiary/aromatic N) is 2. The summed E-state index contributed by atoms with van der Waals surface area (Å²) in [7, 11) is 0. The van der Waals surface area contributed by atoms with Crippen LogP contribution in [0.5, 0.6) is 0 Å². The zero-order chi connectivity index (χ0) is 18.0. The van der Waals surface area contributed by atoms with Gasteiger partial charge in [0.2, 0.25) is 5.91 Å². The minimum Gasteiger partial charge on any atom is -0.360 e. The van der Waals surface area contributed by atoms with Crippen LogP contribution in [0.1, 0.15) is 68.1 Å². The van der Waals surface area contributed by atoms with Crippen molar-refractivity contribution in [2.45, 2.75) is 64.0 Å². The standard InChI is InChI=1S/C18H28N4O3/c1-11(19)9-17(23)22-7-5-13(6-8-22)12(2)20-18(24)15-10-16(25-21-15)14-3-4-14/h10-14H,3-9,19H2,1-2H3,(H,20,24)/t11-,12?/m1/s1. The molecule has 1 aromatic heterocycles. The first-order valence-corrected chi connectivity index (χ1v) is 9.25. The summed E-state index contributed by atoms with van der Waals surface area (Å²) >= 11 is 0. The molecule has 1 aromatic rings. The number of aromatic nitrogens is 1. The highest BCUT2D eigenvalue weighted by Gasteiger charge is 2.30. The summed E-state index contributed by atoms with van der Waals surface area (Å²) in [4.78, 5) is 26.3. The normalized spacial score (nSPS) is 21.0. The van der Waals surface area contributed by atoms with Gasteiger partial charge in [-0.15, -0.1) is 0 Å². The average Bonchev–Trinajstić information content (AvgIpc) is 3.31. The Bertz CT molecular complexity index is 616. The molecule has 3 rings (SSSR count). The van der Waals surface area contributed by atoms with Gasteiger partial charge < -0.3 is 20.5 Å². The Morgan fingerprint density at radius 1 is 1.32 bits per heavy atom. The molecule has 0 aromatic carbocycles. The van der Waals surface area contributed by atoms with Gasteiger partial charge in [-0.3, -0.25) is 9.59 Å². The first kappa shape index (κ1) is 17.9. The molecule has 0 radical (unpaired) electrons. The number of amides is 2. The van der Waals surface area contributed by atoms with Crippen molar-refractivity contribution >= 4 is 11.8 Å². The number of carbonyl (C=O) groups is 2. The molecular weight excluding hydrogens is 320 g/mol. The van der Waals surface area contributed by atoms with E-state index in [1.807, 2.05) is 18.7 Å². The Kier molecular flexibility index (Phi) is 5.42. The van der Waals surface area contributed by atoms with Gasteiger partial charge in [0.1, 0.15) is 5.76 Å². The van der Waals surface area contributed by atoms with Gasteiger partial charge in [-0.1, -0.05) is 5.16 Å². The summed E-state index contributed by atoms with van der Waals surface area (Å²) in [5.41, 5.74) is 6.06. The number of rotatable bonds is 6. The average molecular weight is 348 g/mol. The molecule has 1 unspecified atom stereocenters. The molecule has 7 heteroatoms. The maximum atomic E-state index is 12.3. The summed E-state index contributed by atoms with van der Waals surface area (Å²) in [6, 6.07) is 1.69. The smallest absolute Gasteiger partial charge is 0.273 e. The molecule has 1 aliphatic heterocycles. The minimum atomic E-state index is -0.182. The molecule has 25 heavy (non-hydrogen) atoms. The second-order valence-corrected chi connectivity index (χ2v) is 7.55. The molecule has 7 nitrogen and oxygen atoms in total. The zero-order valence-electron chi connectivity index (χ0n) is 15.0. The predicted octanol–water partition coefficient (Wildman–Crippen LogP) is 1.65. The van der Waals surface area contributed by atoms with E-state index in [1.165, 1.54) is 0 Å². The number of hydrogen-bond donors (Lipinski definition) is 2. The number of likely N-dealkylation sites (tertiary alicyclic amines) is 1. The molecule has 0 spiro atoms. The molecule has 2 atom stereocenters. The van der Waals surface area contributed by atoms with Crippen LogP contribution in [0.4, 0.5) is 0 Å². The number of nitrogens with one attached hydrogen (secondary N) is 1. The lowest BCUT2D eigenvalue weighted by atomic mass is 9.90. The number of hydrogen-bond acceptors (Lipinski definition) is 5. The lowest BCUT2D eigenvalue weighted by molar-refractivity contribution is -0.133. The quantitative estimate of drug-likeness (QED) is 0.814. The van der Waals surface area contributed by atoms with E-state index in [-0.39, 0.29) is 23.9 Å². The fraction of sp³-hybridized carbons (Fsp3) is 0.722. The molecule has 1 aliphatic carbocycles. The third kappa shape index (κ3) is 4.60. The Labute approximate surface area is 148 Å². The molecular formula is C18H28N4O3. The van der Waals surface area contributed by atoms with Crippen molar-refractivity contribution in [1.29, 1.82) is 0 Å². The summed E-state index contributed by atoms with van der Waals surface area (Å²) < 4.78 is 5.24. The highest BCUT2D eigenvalue weighted by molar-refractivity contribution is 5.92. The second-order valence-electron chi connectivity index (χ2n) is 7.55. The summed E-state index contributed by atoms with van der Waals surface area (Å²) in [5.74, 6) is 1.57. The van der Waals surface area contributed by atoms with Gasteiger partial charge in [-0.05, 0) is 45.4 Å². The van der Waals surface area contributed by atoms with Crippen molar-refractivity contribution < 1.29 is 14.1 Å². The van der Waals surface area contributed by atoms with E-state index in [0.717, 1.165) is 44.5 Å². The van der Waals surface area contributed by atoms with Crippen LogP contribution in [-0.4, -0.2) is 47.0 Å². The first-order chi connectivity index (χ1) is 11.9. The lowest BCUT2D eigenvalue weighted by Crippen LogP contribution is -2.46. The lowest BCUT2D eigenvalue weighted by Gasteiger charge is -2.35. The van der Waals surface area contributed by atoms with Crippen LogP contribution in [0.25, 0.3) is 0 Å². The highest BCUT2D eigenvalue weighted by Crippen LogP contribution is 2.40. The SMILES string of the molecule is CC(NC(=O)c1cc(C2CC2)on1)C1CCN(C(=O)C[C@@H](C)N)CC1. The van der Waals surface area contributed by atoms with Crippen LogP contribution in [0, 0.1) is 5.92 Å². The Balaban J connectivity index is 1.46. The fourth-order valence-corrected chi connectivity index (χ4v) is 3.41. The predicted molar refractivity (Wildman–Crippen MR) is 93.0 cm³/mol. The third-order valence-electron chi connectivity index (χ3n) is 5.20. The number of carbonyl (C=O) groups excluding carboxylic acids is 2. The molecule has 2 fully saturated rings. The van der Waals surface area contributed by atoms with Gasteiger partial charge in [-0.2, -0.15) is 0 Å². The van der Waals surface area contributed by atoms with Crippen LogP contribution in [-0.2, 0) is 4.79 Å². The third-order valence-corrected chi connectivity index (χ3v) is 5.20. The Hall–Kier alpha value is -1.89. The molecule has 2 amide bonds. The topological polar surface area (TPSA) is 101 Å². The largest absolute Gasteiger partial charge is 0.360 e. The van der Waals surface area contributed by atoms with Gasteiger partial charge in [0, 0.05) is 43.6 Å². The van der Waals surface area contributed by atoms with Crippen LogP contribution < -0.4 is 11.1 Å². The highest BCUT2D eigenvalue weighted by atomic mass is 16.5. The first-order valence-electron chi connectivity index (χ1n) is 9.25. The number of piperidine rings is 1. The van der Waals surface area contributed by atoms with Crippen molar-refractivity contribution in [2.24, 2.45) is 11.7 Å². The van der Waals surface area contributed by atoms with E-state index in [4.69, 9.17) is 10.3 Å². The van der Waals surface area contributed by atoms with E-state index in [9.17, 15) is 9.59 Å². The Morgan fingerprint density at radius 2 is 2.00 bits per heavy atom. The van der Waals surface area contributed by atoms with Crippen molar-refractivity contribution in [3.05, 3.63) is 17.5 Å². The second kappa shape index (κ2) is 7.56. The Morgan fingerprint density at radius 3 is 2.60 bits per heavy atom. The van der Waals surface area contributed by atoms with E-state index >= 15 is 0 Å². The van der Waals surface area contributed by atoms with E-state index in [2.05, 4.69) is 10.5 Å². The zero-order valence-corrected chi connectivity index (χ0v) is 15.0. The van der Waals surface area contributed by atoms with Crippen molar-refractivity contribution in [2.75, 3.05) is 13.1 Å². The van der Waals surface area contributed by atoms with Crippen LogP contribution in [0.2, 0.25) is 0 Å². The van der Waals surface area contributed by atoms with Crippen molar-refractivity contribution in [1.82, 2.24) is 15.4 Å². The minimum absolute atomic E-state index is 0.0410. The number of nitrogens with two attached hydrogens (primary N) is 1. The van der Waals surface area contributed by atoms with Crippen LogP contribution >= 0.6 is 0 Å². The molecule has 138 valence electrons. The summed E-state index contributed by atoms with van der Waals surface area (Å²) in [6.45, 7) is 5.32. The molecule has 2 heterocycles. The van der Waals surface area contributed by atoms with Crippen molar-refractivity contribution in [3.8, 4) is 0 Å². The van der Waals surface area contributed by atoms with Gasteiger partial charge in [0.25, 0.3) is 5.91 Å². The van der Waals surface area contributed by atoms with Gasteiger partial charge in [-0.25, -0.2) is 0 Å².